The zero-order valence-electron chi connectivity index (χ0n) is 9.50. The summed E-state index contributed by atoms with van der Waals surface area (Å²) in [5.41, 5.74) is 0. The van der Waals surface area contributed by atoms with E-state index in [4.69, 9.17) is 0 Å². The first kappa shape index (κ1) is 10.7. The molecule has 0 aliphatic heterocycles. The summed E-state index contributed by atoms with van der Waals surface area (Å²) >= 11 is 0. The Morgan fingerprint density at radius 2 is 2.33 bits per heavy atom. The molecule has 2 unspecified atom stereocenters. The zero-order chi connectivity index (χ0) is 10.5. The Balaban J connectivity index is 1.68. The molecule has 1 fully saturated rings. The minimum Gasteiger partial charge on any atom is -0.349 e. The SMILES string of the molecule is CC1CCCCC1NCCc1ncc[nH]1. The molecule has 15 heavy (non-hydrogen) atoms. The molecule has 0 bridgehead atoms. The van der Waals surface area contributed by atoms with Crippen molar-refractivity contribution >= 4 is 0 Å². The summed E-state index contributed by atoms with van der Waals surface area (Å²) in [6, 6.07) is 0.730. The molecule has 2 atom stereocenters. The van der Waals surface area contributed by atoms with Gasteiger partial charge in [-0.3, -0.25) is 0 Å². The smallest absolute Gasteiger partial charge is 0.107 e. The lowest BCUT2D eigenvalue weighted by Crippen LogP contribution is -2.38. The molecule has 0 spiro atoms. The number of H-pyrrole nitrogens is 1. The molecular weight excluding hydrogens is 186 g/mol. The van der Waals surface area contributed by atoms with Crippen LogP contribution in [0.1, 0.15) is 38.4 Å². The molecule has 0 aromatic carbocycles. The van der Waals surface area contributed by atoms with Crippen molar-refractivity contribution in [1.29, 1.82) is 0 Å². The Morgan fingerprint density at radius 3 is 3.07 bits per heavy atom. The van der Waals surface area contributed by atoms with Crippen LogP contribution in [0.15, 0.2) is 12.4 Å². The van der Waals surface area contributed by atoms with E-state index < -0.39 is 0 Å². The van der Waals surface area contributed by atoms with Gasteiger partial charge in [-0.15, -0.1) is 0 Å². The molecule has 0 saturated heterocycles. The number of aromatic amines is 1. The van der Waals surface area contributed by atoms with Crippen molar-refractivity contribution in [3.63, 3.8) is 0 Å². The minimum absolute atomic E-state index is 0.730. The Hall–Kier alpha value is -0.830. The van der Waals surface area contributed by atoms with Gasteiger partial charge in [0.25, 0.3) is 0 Å². The number of imidazole rings is 1. The van der Waals surface area contributed by atoms with Gasteiger partial charge >= 0.3 is 0 Å². The molecule has 1 aliphatic carbocycles. The number of hydrogen-bond donors (Lipinski definition) is 2. The summed E-state index contributed by atoms with van der Waals surface area (Å²) < 4.78 is 0. The molecule has 1 aromatic rings. The first-order valence-electron chi connectivity index (χ1n) is 6.08. The fraction of sp³-hybridized carbons (Fsp3) is 0.750. The molecular formula is C12H21N3. The van der Waals surface area contributed by atoms with Crippen LogP contribution in [0.5, 0.6) is 0 Å². The van der Waals surface area contributed by atoms with Crippen LogP contribution in [0.2, 0.25) is 0 Å². The van der Waals surface area contributed by atoms with Crippen LogP contribution in [-0.2, 0) is 6.42 Å². The number of aromatic nitrogens is 2. The first-order valence-corrected chi connectivity index (χ1v) is 6.08. The summed E-state index contributed by atoms with van der Waals surface area (Å²) in [7, 11) is 0. The highest BCUT2D eigenvalue weighted by molar-refractivity contribution is 4.88. The third-order valence-electron chi connectivity index (χ3n) is 3.43. The van der Waals surface area contributed by atoms with Crippen LogP contribution < -0.4 is 5.32 Å². The maximum atomic E-state index is 4.22. The Labute approximate surface area is 91.7 Å². The number of nitrogens with zero attached hydrogens (tertiary/aromatic N) is 1. The third-order valence-corrected chi connectivity index (χ3v) is 3.43. The second-order valence-electron chi connectivity index (χ2n) is 4.61. The van der Waals surface area contributed by atoms with E-state index in [1.165, 1.54) is 25.7 Å². The van der Waals surface area contributed by atoms with Crippen molar-refractivity contribution in [3.8, 4) is 0 Å². The average Bonchev–Trinajstić information content (AvgIpc) is 2.74. The van der Waals surface area contributed by atoms with Gasteiger partial charge in [-0.25, -0.2) is 4.98 Å². The standard InChI is InChI=1S/C12H21N3/c1-10-4-2-3-5-11(10)13-7-6-12-14-8-9-15-12/h8-11,13H,2-7H2,1H3,(H,14,15). The van der Waals surface area contributed by atoms with Crippen LogP contribution in [0, 0.1) is 5.92 Å². The van der Waals surface area contributed by atoms with E-state index in [2.05, 4.69) is 22.2 Å². The number of nitrogens with one attached hydrogen (secondary N) is 2. The summed E-state index contributed by atoms with van der Waals surface area (Å²) in [5, 5.41) is 3.65. The van der Waals surface area contributed by atoms with Gasteiger partial charge in [0.05, 0.1) is 0 Å². The van der Waals surface area contributed by atoms with Gasteiger partial charge in [-0.2, -0.15) is 0 Å². The second-order valence-corrected chi connectivity index (χ2v) is 4.61. The lowest BCUT2D eigenvalue weighted by Gasteiger charge is -2.29. The molecule has 1 aliphatic rings. The summed E-state index contributed by atoms with van der Waals surface area (Å²) in [5.74, 6) is 1.93. The molecule has 3 heteroatoms. The van der Waals surface area contributed by atoms with Crippen molar-refractivity contribution in [1.82, 2.24) is 15.3 Å². The van der Waals surface area contributed by atoms with Gasteiger partial charge in [0.2, 0.25) is 0 Å². The van der Waals surface area contributed by atoms with E-state index in [9.17, 15) is 0 Å². The lowest BCUT2D eigenvalue weighted by atomic mass is 9.86. The van der Waals surface area contributed by atoms with Crippen molar-refractivity contribution in [3.05, 3.63) is 18.2 Å². The van der Waals surface area contributed by atoms with E-state index in [0.717, 1.165) is 30.7 Å². The van der Waals surface area contributed by atoms with Gasteiger partial charge < -0.3 is 10.3 Å². The van der Waals surface area contributed by atoms with Crippen LogP contribution in [0.25, 0.3) is 0 Å². The van der Waals surface area contributed by atoms with Crippen molar-refractivity contribution in [2.24, 2.45) is 5.92 Å². The van der Waals surface area contributed by atoms with Gasteiger partial charge in [0.15, 0.2) is 0 Å². The average molecular weight is 207 g/mol. The molecule has 3 nitrogen and oxygen atoms in total. The quantitative estimate of drug-likeness (QED) is 0.794. The molecule has 0 radical (unpaired) electrons. The van der Waals surface area contributed by atoms with E-state index in [-0.39, 0.29) is 0 Å². The van der Waals surface area contributed by atoms with E-state index >= 15 is 0 Å². The Bertz CT molecular complexity index is 268. The Morgan fingerprint density at radius 1 is 1.47 bits per heavy atom. The highest BCUT2D eigenvalue weighted by Gasteiger charge is 2.20. The monoisotopic (exact) mass is 207 g/mol. The third kappa shape index (κ3) is 3.06. The second kappa shape index (κ2) is 5.31. The van der Waals surface area contributed by atoms with E-state index in [0.29, 0.717) is 0 Å². The van der Waals surface area contributed by atoms with Crippen LogP contribution >= 0.6 is 0 Å². The highest BCUT2D eigenvalue weighted by atomic mass is 14.9. The number of rotatable bonds is 4. The van der Waals surface area contributed by atoms with E-state index in [1.807, 2.05) is 12.4 Å². The molecule has 0 amide bonds. The highest BCUT2D eigenvalue weighted by Crippen LogP contribution is 2.23. The largest absolute Gasteiger partial charge is 0.349 e. The van der Waals surface area contributed by atoms with Crippen molar-refractivity contribution < 1.29 is 0 Å². The molecule has 2 rings (SSSR count). The molecule has 84 valence electrons. The van der Waals surface area contributed by atoms with Gasteiger partial charge in [0.1, 0.15) is 5.82 Å². The Kier molecular flexibility index (Phi) is 3.78. The maximum absolute atomic E-state index is 4.22. The predicted octanol–water partition coefficient (Wildman–Crippen LogP) is 2.12. The summed E-state index contributed by atoms with van der Waals surface area (Å²) in [6.45, 7) is 3.41. The zero-order valence-corrected chi connectivity index (χ0v) is 9.50. The molecule has 1 saturated carbocycles. The minimum atomic E-state index is 0.730. The van der Waals surface area contributed by atoms with Crippen molar-refractivity contribution in [2.45, 2.75) is 45.1 Å². The fourth-order valence-corrected chi connectivity index (χ4v) is 2.43. The fourth-order valence-electron chi connectivity index (χ4n) is 2.43. The molecule has 1 heterocycles. The first-order chi connectivity index (χ1) is 7.36. The topological polar surface area (TPSA) is 40.7 Å². The maximum Gasteiger partial charge on any atom is 0.107 e. The molecule has 1 aromatic heterocycles. The van der Waals surface area contributed by atoms with Gasteiger partial charge in [0, 0.05) is 31.4 Å². The van der Waals surface area contributed by atoms with Crippen molar-refractivity contribution in [2.75, 3.05) is 6.54 Å². The molecule has 2 N–H and O–H groups in total. The lowest BCUT2D eigenvalue weighted by molar-refractivity contribution is 0.282. The van der Waals surface area contributed by atoms with Crippen LogP contribution in [0.4, 0.5) is 0 Å². The van der Waals surface area contributed by atoms with E-state index in [1.54, 1.807) is 0 Å². The predicted molar refractivity (Wildman–Crippen MR) is 61.7 cm³/mol. The normalized spacial score (nSPS) is 26.7. The van der Waals surface area contributed by atoms with Gasteiger partial charge in [-0.05, 0) is 18.8 Å². The number of hydrogen-bond acceptors (Lipinski definition) is 2. The van der Waals surface area contributed by atoms with Crippen LogP contribution in [-0.4, -0.2) is 22.6 Å². The van der Waals surface area contributed by atoms with Crippen LogP contribution in [0.3, 0.4) is 0 Å². The summed E-state index contributed by atoms with van der Waals surface area (Å²) in [6.07, 6.45) is 10.3. The summed E-state index contributed by atoms with van der Waals surface area (Å²) in [4.78, 5) is 7.36. The van der Waals surface area contributed by atoms with Gasteiger partial charge in [-0.1, -0.05) is 19.8 Å².